The number of hydrogen-bond acceptors (Lipinski definition) is 4. The SMILES string of the molecule is Cc1nn(-c2ccccc2)c(C)c1C(=O)C(=O)N1CCN(C(=O)C2CC2)CC1. The number of carbonyl (C=O) groups excluding carboxylic acids is 3. The zero-order valence-corrected chi connectivity index (χ0v) is 16.2. The van der Waals surface area contributed by atoms with Crippen molar-refractivity contribution in [2.24, 2.45) is 5.92 Å². The lowest BCUT2D eigenvalue weighted by Crippen LogP contribution is -2.52. The zero-order chi connectivity index (χ0) is 19.8. The Bertz CT molecular complexity index is 923. The number of Topliss-reactive ketones (excluding diaryl/α,β-unsaturated/α-hetero) is 1. The molecular weight excluding hydrogens is 356 g/mol. The van der Waals surface area contributed by atoms with E-state index in [0.29, 0.717) is 43.1 Å². The first-order chi connectivity index (χ1) is 13.5. The molecule has 1 aromatic carbocycles. The summed E-state index contributed by atoms with van der Waals surface area (Å²) in [4.78, 5) is 41.3. The van der Waals surface area contributed by atoms with Crippen LogP contribution in [0.1, 0.15) is 34.6 Å². The van der Waals surface area contributed by atoms with Crippen LogP contribution in [-0.2, 0) is 9.59 Å². The molecule has 2 heterocycles. The van der Waals surface area contributed by atoms with Crippen molar-refractivity contribution in [2.45, 2.75) is 26.7 Å². The number of para-hydroxylation sites is 1. The molecule has 2 amide bonds. The van der Waals surface area contributed by atoms with Gasteiger partial charge in [-0.2, -0.15) is 5.10 Å². The molecule has 0 unspecified atom stereocenters. The van der Waals surface area contributed by atoms with Crippen LogP contribution in [0.4, 0.5) is 0 Å². The fourth-order valence-electron chi connectivity index (χ4n) is 3.76. The highest BCUT2D eigenvalue weighted by Crippen LogP contribution is 2.31. The summed E-state index contributed by atoms with van der Waals surface area (Å²) < 4.78 is 1.70. The van der Waals surface area contributed by atoms with E-state index < -0.39 is 11.7 Å². The lowest BCUT2D eigenvalue weighted by molar-refractivity contribution is -0.138. The molecule has 7 heteroatoms. The van der Waals surface area contributed by atoms with Crippen molar-refractivity contribution in [2.75, 3.05) is 26.2 Å². The van der Waals surface area contributed by atoms with Crippen molar-refractivity contribution in [3.63, 3.8) is 0 Å². The Kier molecular flexibility index (Phi) is 4.75. The first-order valence-corrected chi connectivity index (χ1v) is 9.71. The average molecular weight is 380 g/mol. The Morgan fingerprint density at radius 1 is 0.929 bits per heavy atom. The summed E-state index contributed by atoms with van der Waals surface area (Å²) >= 11 is 0. The highest BCUT2D eigenvalue weighted by atomic mass is 16.2. The summed E-state index contributed by atoms with van der Waals surface area (Å²) in [6.45, 7) is 5.34. The van der Waals surface area contributed by atoms with Gasteiger partial charge in [0.2, 0.25) is 5.91 Å². The molecule has 1 aliphatic heterocycles. The second-order valence-electron chi connectivity index (χ2n) is 7.51. The maximum atomic E-state index is 12.9. The van der Waals surface area contributed by atoms with Crippen LogP contribution in [0.25, 0.3) is 5.69 Å². The molecule has 1 aliphatic carbocycles. The summed E-state index contributed by atoms with van der Waals surface area (Å²) in [7, 11) is 0. The number of aryl methyl sites for hydroxylation is 1. The zero-order valence-electron chi connectivity index (χ0n) is 16.2. The normalized spacial score (nSPS) is 16.9. The Hall–Kier alpha value is -2.96. The minimum absolute atomic E-state index is 0.179. The van der Waals surface area contributed by atoms with Gasteiger partial charge in [-0.3, -0.25) is 14.4 Å². The van der Waals surface area contributed by atoms with Crippen LogP contribution in [0.3, 0.4) is 0 Å². The second-order valence-corrected chi connectivity index (χ2v) is 7.51. The smallest absolute Gasteiger partial charge is 0.295 e. The number of nitrogens with zero attached hydrogens (tertiary/aromatic N) is 4. The summed E-state index contributed by atoms with van der Waals surface area (Å²) in [6.07, 6.45) is 1.95. The lowest BCUT2D eigenvalue weighted by atomic mass is 10.1. The van der Waals surface area contributed by atoms with Crippen molar-refractivity contribution in [1.82, 2.24) is 19.6 Å². The third-order valence-corrected chi connectivity index (χ3v) is 5.52. The molecule has 4 rings (SSSR count). The molecule has 7 nitrogen and oxygen atoms in total. The molecule has 0 spiro atoms. The number of amides is 2. The van der Waals surface area contributed by atoms with Gasteiger partial charge in [0, 0.05) is 32.1 Å². The summed E-state index contributed by atoms with van der Waals surface area (Å²) in [5, 5.41) is 4.46. The van der Waals surface area contributed by atoms with Gasteiger partial charge < -0.3 is 9.80 Å². The molecule has 1 saturated heterocycles. The van der Waals surface area contributed by atoms with Crippen LogP contribution in [0, 0.1) is 19.8 Å². The Labute approximate surface area is 163 Å². The van der Waals surface area contributed by atoms with Crippen LogP contribution in [0.5, 0.6) is 0 Å². The topological polar surface area (TPSA) is 75.5 Å². The van der Waals surface area contributed by atoms with Crippen molar-refractivity contribution in [3.8, 4) is 5.69 Å². The van der Waals surface area contributed by atoms with Gasteiger partial charge in [-0.1, -0.05) is 18.2 Å². The standard InChI is InChI=1S/C21H24N4O3/c1-14-18(15(2)25(22-14)17-6-4-3-5-7-17)19(26)21(28)24-12-10-23(11-13-24)20(27)16-8-9-16/h3-7,16H,8-13H2,1-2H3. The van der Waals surface area contributed by atoms with E-state index in [-0.39, 0.29) is 11.8 Å². The molecule has 0 bridgehead atoms. The lowest BCUT2D eigenvalue weighted by Gasteiger charge is -2.34. The van der Waals surface area contributed by atoms with E-state index in [1.165, 1.54) is 0 Å². The summed E-state index contributed by atoms with van der Waals surface area (Å²) in [5.41, 5.74) is 2.42. The second kappa shape index (κ2) is 7.22. The number of rotatable bonds is 4. The maximum absolute atomic E-state index is 12.9. The third kappa shape index (κ3) is 3.32. The Balaban J connectivity index is 1.48. The van der Waals surface area contributed by atoms with Crippen LogP contribution in [-0.4, -0.2) is 63.4 Å². The molecule has 2 aliphatic rings. The highest BCUT2D eigenvalue weighted by molar-refractivity contribution is 6.43. The fourth-order valence-corrected chi connectivity index (χ4v) is 3.76. The fraction of sp³-hybridized carbons (Fsp3) is 0.429. The molecule has 28 heavy (non-hydrogen) atoms. The molecular formula is C21H24N4O3. The number of benzene rings is 1. The van der Waals surface area contributed by atoms with Gasteiger partial charge in [-0.25, -0.2) is 4.68 Å². The van der Waals surface area contributed by atoms with Gasteiger partial charge in [-0.05, 0) is 38.8 Å². The van der Waals surface area contributed by atoms with E-state index in [0.717, 1.165) is 18.5 Å². The molecule has 2 fully saturated rings. The van der Waals surface area contributed by atoms with Crippen LogP contribution in [0.2, 0.25) is 0 Å². The van der Waals surface area contributed by atoms with Gasteiger partial charge >= 0.3 is 0 Å². The van der Waals surface area contributed by atoms with E-state index in [4.69, 9.17) is 0 Å². The quantitative estimate of drug-likeness (QED) is 0.598. The number of aromatic nitrogens is 2. The van der Waals surface area contributed by atoms with Crippen molar-refractivity contribution in [1.29, 1.82) is 0 Å². The molecule has 146 valence electrons. The predicted molar refractivity (Wildman–Crippen MR) is 103 cm³/mol. The minimum Gasteiger partial charge on any atom is -0.339 e. The van der Waals surface area contributed by atoms with Gasteiger partial charge in [0.25, 0.3) is 11.7 Å². The number of carbonyl (C=O) groups is 3. The number of hydrogen-bond donors (Lipinski definition) is 0. The van der Waals surface area contributed by atoms with Gasteiger partial charge in [0.1, 0.15) is 0 Å². The molecule has 1 aromatic heterocycles. The van der Waals surface area contributed by atoms with Crippen LogP contribution in [0.15, 0.2) is 30.3 Å². The number of piperazine rings is 1. The van der Waals surface area contributed by atoms with Crippen LogP contribution >= 0.6 is 0 Å². The van der Waals surface area contributed by atoms with E-state index in [9.17, 15) is 14.4 Å². The monoisotopic (exact) mass is 380 g/mol. The molecule has 0 atom stereocenters. The van der Waals surface area contributed by atoms with E-state index >= 15 is 0 Å². The maximum Gasteiger partial charge on any atom is 0.295 e. The Morgan fingerprint density at radius 3 is 2.14 bits per heavy atom. The van der Waals surface area contributed by atoms with Crippen molar-refractivity contribution in [3.05, 3.63) is 47.3 Å². The van der Waals surface area contributed by atoms with E-state index in [1.54, 1.807) is 23.4 Å². The highest BCUT2D eigenvalue weighted by Gasteiger charge is 2.36. The van der Waals surface area contributed by atoms with Crippen molar-refractivity contribution >= 4 is 17.6 Å². The first kappa shape index (κ1) is 18.4. The third-order valence-electron chi connectivity index (χ3n) is 5.52. The van der Waals surface area contributed by atoms with Crippen LogP contribution < -0.4 is 0 Å². The van der Waals surface area contributed by atoms with E-state index in [2.05, 4.69) is 5.10 Å². The first-order valence-electron chi connectivity index (χ1n) is 9.71. The predicted octanol–water partition coefficient (Wildman–Crippen LogP) is 1.75. The van der Waals surface area contributed by atoms with E-state index in [1.807, 2.05) is 35.2 Å². The molecule has 0 radical (unpaired) electrons. The average Bonchev–Trinajstić information content (AvgIpc) is 3.52. The summed E-state index contributed by atoms with van der Waals surface area (Å²) in [6, 6.07) is 9.54. The van der Waals surface area contributed by atoms with Crippen molar-refractivity contribution < 1.29 is 14.4 Å². The molecule has 1 saturated carbocycles. The molecule has 0 N–H and O–H groups in total. The van der Waals surface area contributed by atoms with Gasteiger partial charge in [0.15, 0.2) is 0 Å². The minimum atomic E-state index is -0.529. The summed E-state index contributed by atoms with van der Waals surface area (Å²) in [5.74, 6) is -0.677. The van der Waals surface area contributed by atoms with Gasteiger partial charge in [0.05, 0.1) is 22.6 Å². The molecule has 2 aromatic rings. The largest absolute Gasteiger partial charge is 0.339 e. The number of ketones is 1. The van der Waals surface area contributed by atoms with Gasteiger partial charge in [-0.15, -0.1) is 0 Å². The Morgan fingerprint density at radius 2 is 1.54 bits per heavy atom.